The molecule has 0 radical (unpaired) electrons. The van der Waals surface area contributed by atoms with E-state index in [1.165, 1.54) is 6.20 Å². The standard InChI is InChI=1S/C13H24N4O2S/c1-10(2)17(9-12-5-4-6-14-7-12)20(18,19)13-8-15-16-11(13)3/h8,10,12,14H,4-7,9H2,1-3H3,(H,15,16). The maximum absolute atomic E-state index is 12.8. The van der Waals surface area contributed by atoms with E-state index < -0.39 is 10.0 Å². The van der Waals surface area contributed by atoms with E-state index in [2.05, 4.69) is 15.5 Å². The highest BCUT2D eigenvalue weighted by Crippen LogP contribution is 2.23. The molecule has 1 fully saturated rings. The average Bonchev–Trinajstić information content (AvgIpc) is 2.83. The number of rotatable bonds is 5. The van der Waals surface area contributed by atoms with E-state index in [-0.39, 0.29) is 10.9 Å². The van der Waals surface area contributed by atoms with Crippen molar-refractivity contribution >= 4 is 10.0 Å². The largest absolute Gasteiger partial charge is 0.316 e. The van der Waals surface area contributed by atoms with Crippen LogP contribution in [0.3, 0.4) is 0 Å². The van der Waals surface area contributed by atoms with Crippen LogP contribution in [-0.4, -0.2) is 48.6 Å². The minimum Gasteiger partial charge on any atom is -0.316 e. The van der Waals surface area contributed by atoms with E-state index in [0.29, 0.717) is 18.2 Å². The minimum absolute atomic E-state index is 0.0590. The van der Waals surface area contributed by atoms with E-state index in [0.717, 1.165) is 25.9 Å². The van der Waals surface area contributed by atoms with Crippen LogP contribution in [-0.2, 0) is 10.0 Å². The summed E-state index contributed by atoms with van der Waals surface area (Å²) in [5.74, 6) is 0.383. The molecule has 1 unspecified atom stereocenters. The van der Waals surface area contributed by atoms with Gasteiger partial charge in [0, 0.05) is 12.6 Å². The van der Waals surface area contributed by atoms with Crippen LogP contribution in [0.5, 0.6) is 0 Å². The van der Waals surface area contributed by atoms with Gasteiger partial charge >= 0.3 is 0 Å². The third-order valence-electron chi connectivity index (χ3n) is 3.78. The molecule has 6 nitrogen and oxygen atoms in total. The summed E-state index contributed by atoms with van der Waals surface area (Å²) >= 11 is 0. The van der Waals surface area contributed by atoms with E-state index in [4.69, 9.17) is 0 Å². The summed E-state index contributed by atoms with van der Waals surface area (Å²) in [6.07, 6.45) is 3.59. The Morgan fingerprint density at radius 3 is 2.75 bits per heavy atom. The van der Waals surface area contributed by atoms with Crippen LogP contribution in [0.15, 0.2) is 11.1 Å². The monoisotopic (exact) mass is 300 g/mol. The number of hydrogen-bond acceptors (Lipinski definition) is 4. The van der Waals surface area contributed by atoms with Crippen molar-refractivity contribution in [1.29, 1.82) is 0 Å². The molecule has 1 saturated heterocycles. The number of aromatic nitrogens is 2. The molecule has 114 valence electrons. The molecule has 1 aromatic heterocycles. The number of nitrogens with one attached hydrogen (secondary N) is 2. The second-order valence-electron chi connectivity index (χ2n) is 5.74. The van der Waals surface area contributed by atoms with Gasteiger partial charge in [0.15, 0.2) is 0 Å². The summed E-state index contributed by atoms with van der Waals surface area (Å²) in [6, 6.07) is -0.0590. The predicted molar refractivity (Wildman–Crippen MR) is 77.9 cm³/mol. The number of aryl methyl sites for hydroxylation is 1. The van der Waals surface area contributed by atoms with Crippen molar-refractivity contribution in [3.8, 4) is 0 Å². The van der Waals surface area contributed by atoms with Crippen LogP contribution >= 0.6 is 0 Å². The van der Waals surface area contributed by atoms with Crippen molar-refractivity contribution in [2.45, 2.75) is 44.6 Å². The normalized spacial score (nSPS) is 20.8. The molecule has 0 aliphatic carbocycles. The topological polar surface area (TPSA) is 78.1 Å². The van der Waals surface area contributed by atoms with Crippen molar-refractivity contribution in [1.82, 2.24) is 19.8 Å². The summed E-state index contributed by atoms with van der Waals surface area (Å²) in [5.41, 5.74) is 0.595. The molecule has 2 rings (SSSR count). The molecule has 2 N–H and O–H groups in total. The maximum atomic E-state index is 12.8. The highest BCUT2D eigenvalue weighted by Gasteiger charge is 2.31. The Balaban J connectivity index is 2.21. The van der Waals surface area contributed by atoms with Gasteiger partial charge in [-0.1, -0.05) is 0 Å². The Bertz CT molecular complexity index is 532. The van der Waals surface area contributed by atoms with Crippen LogP contribution in [0.25, 0.3) is 0 Å². The lowest BCUT2D eigenvalue weighted by atomic mass is 9.99. The van der Waals surface area contributed by atoms with Crippen LogP contribution in [0.2, 0.25) is 0 Å². The molecule has 0 saturated carbocycles. The minimum atomic E-state index is -3.48. The lowest BCUT2D eigenvalue weighted by Crippen LogP contribution is -2.44. The fourth-order valence-corrected chi connectivity index (χ4v) is 4.48. The Labute approximate surface area is 121 Å². The molecule has 1 aromatic rings. The van der Waals surface area contributed by atoms with E-state index in [9.17, 15) is 8.42 Å². The van der Waals surface area contributed by atoms with Crippen molar-refractivity contribution in [2.75, 3.05) is 19.6 Å². The van der Waals surface area contributed by atoms with E-state index in [1.807, 2.05) is 13.8 Å². The maximum Gasteiger partial charge on any atom is 0.246 e. The number of sulfonamides is 1. The van der Waals surface area contributed by atoms with Gasteiger partial charge < -0.3 is 5.32 Å². The SMILES string of the molecule is Cc1[nH]ncc1S(=O)(=O)N(CC1CCCNC1)C(C)C. The molecule has 0 aromatic carbocycles. The Kier molecular flexibility index (Phi) is 4.82. The van der Waals surface area contributed by atoms with Gasteiger partial charge in [0.05, 0.1) is 11.9 Å². The Hall–Kier alpha value is -0.920. The third-order valence-corrected chi connectivity index (χ3v) is 5.94. The first-order valence-corrected chi connectivity index (χ1v) is 8.59. The molecule has 0 bridgehead atoms. The lowest BCUT2D eigenvalue weighted by Gasteiger charge is -2.31. The van der Waals surface area contributed by atoms with Crippen LogP contribution < -0.4 is 5.32 Å². The number of piperidine rings is 1. The molecular formula is C13H24N4O2S. The zero-order valence-corrected chi connectivity index (χ0v) is 13.2. The molecule has 20 heavy (non-hydrogen) atoms. The van der Waals surface area contributed by atoms with Crippen molar-refractivity contribution < 1.29 is 8.42 Å². The zero-order valence-electron chi connectivity index (χ0n) is 12.4. The van der Waals surface area contributed by atoms with Crippen LogP contribution in [0, 0.1) is 12.8 Å². The first kappa shape index (κ1) is 15.5. The van der Waals surface area contributed by atoms with Gasteiger partial charge in [0.1, 0.15) is 4.90 Å². The molecule has 1 atom stereocenters. The molecule has 0 spiro atoms. The Morgan fingerprint density at radius 2 is 2.25 bits per heavy atom. The highest BCUT2D eigenvalue weighted by molar-refractivity contribution is 7.89. The van der Waals surface area contributed by atoms with Gasteiger partial charge in [-0.15, -0.1) is 0 Å². The molecule has 7 heteroatoms. The van der Waals surface area contributed by atoms with Gasteiger partial charge in [0.25, 0.3) is 0 Å². The van der Waals surface area contributed by atoms with Gasteiger partial charge in [-0.3, -0.25) is 5.10 Å². The first-order valence-electron chi connectivity index (χ1n) is 7.15. The Morgan fingerprint density at radius 1 is 1.50 bits per heavy atom. The summed E-state index contributed by atoms with van der Waals surface area (Å²) in [5, 5.41) is 9.87. The smallest absolute Gasteiger partial charge is 0.246 e. The van der Waals surface area contributed by atoms with Gasteiger partial charge in [0.2, 0.25) is 10.0 Å². The highest BCUT2D eigenvalue weighted by atomic mass is 32.2. The molecule has 1 aliphatic rings. The van der Waals surface area contributed by atoms with Crippen molar-refractivity contribution in [3.63, 3.8) is 0 Å². The van der Waals surface area contributed by atoms with Crippen molar-refractivity contribution in [2.24, 2.45) is 5.92 Å². The molecule has 0 amide bonds. The van der Waals surface area contributed by atoms with Gasteiger partial charge in [-0.25, -0.2) is 8.42 Å². The van der Waals surface area contributed by atoms with E-state index >= 15 is 0 Å². The fourth-order valence-electron chi connectivity index (χ4n) is 2.65. The second kappa shape index (κ2) is 6.24. The summed E-state index contributed by atoms with van der Waals surface area (Å²) in [7, 11) is -3.48. The number of hydrogen-bond donors (Lipinski definition) is 2. The fraction of sp³-hybridized carbons (Fsp3) is 0.769. The lowest BCUT2D eigenvalue weighted by molar-refractivity contribution is 0.264. The van der Waals surface area contributed by atoms with E-state index in [1.54, 1.807) is 11.2 Å². The molecule has 2 heterocycles. The third kappa shape index (κ3) is 3.21. The number of nitrogens with zero attached hydrogens (tertiary/aromatic N) is 2. The first-order chi connectivity index (χ1) is 9.43. The quantitative estimate of drug-likeness (QED) is 0.854. The number of H-pyrrole nitrogens is 1. The average molecular weight is 300 g/mol. The van der Waals surface area contributed by atoms with Crippen LogP contribution in [0.1, 0.15) is 32.4 Å². The summed E-state index contributed by atoms with van der Waals surface area (Å²) in [4.78, 5) is 0.287. The second-order valence-corrected chi connectivity index (χ2v) is 7.60. The predicted octanol–water partition coefficient (Wildman–Crippen LogP) is 1.12. The number of aromatic amines is 1. The van der Waals surface area contributed by atoms with Crippen molar-refractivity contribution in [3.05, 3.63) is 11.9 Å². The molecule has 1 aliphatic heterocycles. The van der Waals surface area contributed by atoms with Gasteiger partial charge in [-0.2, -0.15) is 9.40 Å². The summed E-state index contributed by atoms with van der Waals surface area (Å²) < 4.78 is 27.1. The van der Waals surface area contributed by atoms with Crippen LogP contribution in [0.4, 0.5) is 0 Å². The van der Waals surface area contributed by atoms with Gasteiger partial charge in [-0.05, 0) is 52.6 Å². The zero-order chi connectivity index (χ0) is 14.8. The summed E-state index contributed by atoms with van der Waals surface area (Å²) in [6.45, 7) is 8.07. The molecular weight excluding hydrogens is 276 g/mol.